The van der Waals surface area contributed by atoms with Gasteiger partial charge in [-0.1, -0.05) is 18.2 Å². The summed E-state index contributed by atoms with van der Waals surface area (Å²) in [5.74, 6) is 0.672. The van der Waals surface area contributed by atoms with Crippen LogP contribution in [0.1, 0.15) is 6.92 Å². The number of oxazole rings is 1. The molecule has 0 amide bonds. The molecule has 0 aliphatic carbocycles. The Morgan fingerprint density at radius 1 is 1.29 bits per heavy atom. The van der Waals surface area contributed by atoms with Crippen LogP contribution in [0.4, 0.5) is 0 Å². The van der Waals surface area contributed by atoms with Gasteiger partial charge in [0.25, 0.3) is 0 Å². The van der Waals surface area contributed by atoms with E-state index in [1.54, 1.807) is 19.4 Å². The minimum absolute atomic E-state index is 0.250. The summed E-state index contributed by atoms with van der Waals surface area (Å²) in [5.41, 5.74) is 1.01. The van der Waals surface area contributed by atoms with Crippen LogP contribution in [0.15, 0.2) is 47.2 Å². The van der Waals surface area contributed by atoms with Gasteiger partial charge in [-0.05, 0) is 19.1 Å². The van der Waals surface area contributed by atoms with E-state index in [1.165, 1.54) is 0 Å². The number of hydrogen-bond acceptors (Lipinski definition) is 3. The van der Waals surface area contributed by atoms with Crippen LogP contribution in [0.3, 0.4) is 0 Å². The van der Waals surface area contributed by atoms with Crippen LogP contribution in [0.2, 0.25) is 0 Å². The second-order valence-corrected chi connectivity index (χ2v) is 2.52. The van der Waals surface area contributed by atoms with Crippen LogP contribution < -0.4 is 0 Å². The highest BCUT2D eigenvalue weighted by atomic mass is 16.3. The van der Waals surface area contributed by atoms with Crippen LogP contribution in [-0.4, -0.2) is 16.7 Å². The molecule has 1 heterocycles. The second kappa shape index (κ2) is 5.94. The van der Waals surface area contributed by atoms with Gasteiger partial charge < -0.3 is 9.52 Å². The average Bonchev–Trinajstić information content (AvgIpc) is 2.73. The summed E-state index contributed by atoms with van der Waals surface area (Å²) in [4.78, 5) is 4.02. The van der Waals surface area contributed by atoms with E-state index in [1.807, 2.05) is 30.3 Å². The molecule has 0 fully saturated rings. The highest BCUT2D eigenvalue weighted by Crippen LogP contribution is 2.14. The lowest BCUT2D eigenvalue weighted by Gasteiger charge is -1.91. The quantitative estimate of drug-likeness (QED) is 0.752. The fraction of sp³-hybridized carbons (Fsp3) is 0.182. The highest BCUT2D eigenvalue weighted by molar-refractivity contribution is 5.51. The summed E-state index contributed by atoms with van der Waals surface area (Å²) < 4.78 is 5.11. The summed E-state index contributed by atoms with van der Waals surface area (Å²) in [6.07, 6.45) is 3.21. The third-order valence-electron chi connectivity index (χ3n) is 1.45. The molecule has 74 valence electrons. The summed E-state index contributed by atoms with van der Waals surface area (Å²) >= 11 is 0. The fourth-order valence-electron chi connectivity index (χ4n) is 0.947. The molecule has 0 aliphatic heterocycles. The summed E-state index contributed by atoms with van der Waals surface area (Å²) in [5, 5.41) is 7.57. The van der Waals surface area contributed by atoms with Crippen LogP contribution >= 0.6 is 0 Å². The predicted octanol–water partition coefficient (Wildman–Crippen LogP) is 2.34. The van der Waals surface area contributed by atoms with Gasteiger partial charge in [0.1, 0.15) is 6.26 Å². The van der Waals surface area contributed by atoms with E-state index in [0.29, 0.717) is 5.89 Å². The first-order valence-electron chi connectivity index (χ1n) is 4.44. The third kappa shape index (κ3) is 3.03. The Kier molecular flexibility index (Phi) is 4.44. The monoisotopic (exact) mass is 191 g/mol. The van der Waals surface area contributed by atoms with Crippen LogP contribution in [0, 0.1) is 0 Å². The van der Waals surface area contributed by atoms with E-state index < -0.39 is 0 Å². The minimum Gasteiger partial charge on any atom is -0.445 e. The number of aliphatic hydroxyl groups excluding tert-OH is 1. The van der Waals surface area contributed by atoms with E-state index in [2.05, 4.69) is 4.98 Å². The summed E-state index contributed by atoms with van der Waals surface area (Å²) in [6, 6.07) is 9.81. The highest BCUT2D eigenvalue weighted by Gasteiger charge is 1.97. The van der Waals surface area contributed by atoms with Crippen molar-refractivity contribution >= 4 is 0 Å². The molecule has 14 heavy (non-hydrogen) atoms. The summed E-state index contributed by atoms with van der Waals surface area (Å²) in [6.45, 7) is 1.93. The normalized spacial score (nSPS) is 9.00. The van der Waals surface area contributed by atoms with Crippen molar-refractivity contribution in [3.63, 3.8) is 0 Å². The molecule has 1 N–H and O–H groups in total. The Morgan fingerprint density at radius 3 is 2.43 bits per heavy atom. The Bertz CT molecular complexity index is 329. The lowest BCUT2D eigenvalue weighted by molar-refractivity contribution is 0.318. The molecule has 0 atom stereocenters. The first kappa shape index (κ1) is 10.5. The first-order chi connectivity index (χ1) is 6.88. The minimum atomic E-state index is 0.250. The van der Waals surface area contributed by atoms with Crippen molar-refractivity contribution < 1.29 is 9.52 Å². The summed E-state index contributed by atoms with van der Waals surface area (Å²) in [7, 11) is 0. The van der Waals surface area contributed by atoms with Crippen LogP contribution in [-0.2, 0) is 0 Å². The maximum Gasteiger partial charge on any atom is 0.225 e. The van der Waals surface area contributed by atoms with Crippen molar-refractivity contribution in [2.45, 2.75) is 6.92 Å². The van der Waals surface area contributed by atoms with Gasteiger partial charge in [-0.15, -0.1) is 0 Å². The molecular weight excluding hydrogens is 178 g/mol. The molecule has 0 saturated heterocycles. The molecule has 0 aliphatic rings. The molecule has 0 radical (unpaired) electrons. The number of aromatic nitrogens is 1. The molecule has 1 aromatic heterocycles. The van der Waals surface area contributed by atoms with Crippen molar-refractivity contribution in [2.75, 3.05) is 6.61 Å². The largest absolute Gasteiger partial charge is 0.445 e. The molecular formula is C11H13NO2. The predicted molar refractivity (Wildman–Crippen MR) is 54.7 cm³/mol. The van der Waals surface area contributed by atoms with Gasteiger partial charge in [0.15, 0.2) is 0 Å². The van der Waals surface area contributed by atoms with E-state index in [9.17, 15) is 0 Å². The van der Waals surface area contributed by atoms with Gasteiger partial charge in [-0.2, -0.15) is 0 Å². The molecule has 2 rings (SSSR count). The number of hydrogen-bond donors (Lipinski definition) is 1. The molecule has 2 aromatic rings. The van der Waals surface area contributed by atoms with Crippen LogP contribution in [0.25, 0.3) is 11.5 Å². The number of aliphatic hydroxyl groups is 1. The smallest absolute Gasteiger partial charge is 0.225 e. The van der Waals surface area contributed by atoms with Crippen molar-refractivity contribution in [3.8, 4) is 11.5 Å². The van der Waals surface area contributed by atoms with Gasteiger partial charge in [0.2, 0.25) is 5.89 Å². The van der Waals surface area contributed by atoms with Gasteiger partial charge in [-0.3, -0.25) is 0 Å². The molecule has 3 heteroatoms. The molecule has 1 aromatic carbocycles. The van der Waals surface area contributed by atoms with Gasteiger partial charge in [-0.25, -0.2) is 4.98 Å². The zero-order chi connectivity index (χ0) is 10.2. The van der Waals surface area contributed by atoms with Crippen molar-refractivity contribution in [1.82, 2.24) is 4.98 Å². The van der Waals surface area contributed by atoms with Crippen molar-refractivity contribution in [3.05, 3.63) is 42.8 Å². The van der Waals surface area contributed by atoms with Crippen molar-refractivity contribution in [1.29, 1.82) is 0 Å². The zero-order valence-electron chi connectivity index (χ0n) is 8.05. The van der Waals surface area contributed by atoms with Crippen LogP contribution in [0.5, 0.6) is 0 Å². The molecule has 0 spiro atoms. The zero-order valence-corrected chi connectivity index (χ0v) is 8.05. The van der Waals surface area contributed by atoms with Crippen molar-refractivity contribution in [2.24, 2.45) is 0 Å². The molecule has 0 bridgehead atoms. The van der Waals surface area contributed by atoms with Gasteiger partial charge >= 0.3 is 0 Å². The van der Waals surface area contributed by atoms with E-state index in [-0.39, 0.29) is 6.61 Å². The SMILES string of the molecule is CCO.c1ccc(-c2ncco2)cc1. The number of rotatable bonds is 1. The average molecular weight is 191 g/mol. The fourth-order valence-corrected chi connectivity index (χ4v) is 0.947. The Balaban J connectivity index is 0.000000293. The first-order valence-corrected chi connectivity index (χ1v) is 4.44. The van der Waals surface area contributed by atoms with E-state index >= 15 is 0 Å². The maximum absolute atomic E-state index is 7.57. The molecule has 0 unspecified atom stereocenters. The standard InChI is InChI=1S/C9H7NO.C2H6O/c1-2-4-8(5-3-1)9-10-6-7-11-9;1-2-3/h1-7H;3H,2H2,1H3. The second-order valence-electron chi connectivity index (χ2n) is 2.52. The Labute approximate surface area is 83.0 Å². The van der Waals surface area contributed by atoms with Gasteiger partial charge in [0.05, 0.1) is 6.20 Å². The van der Waals surface area contributed by atoms with E-state index in [0.717, 1.165) is 5.56 Å². The third-order valence-corrected chi connectivity index (χ3v) is 1.45. The number of nitrogens with zero attached hydrogens (tertiary/aromatic N) is 1. The lowest BCUT2D eigenvalue weighted by Crippen LogP contribution is -1.73. The van der Waals surface area contributed by atoms with E-state index in [4.69, 9.17) is 9.52 Å². The molecule has 3 nitrogen and oxygen atoms in total. The lowest BCUT2D eigenvalue weighted by atomic mass is 10.2. The van der Waals surface area contributed by atoms with Gasteiger partial charge in [0, 0.05) is 12.2 Å². The maximum atomic E-state index is 7.57. The Morgan fingerprint density at radius 2 is 1.93 bits per heavy atom. The number of benzene rings is 1. The Hall–Kier alpha value is -1.61. The molecule has 0 saturated carbocycles. The topological polar surface area (TPSA) is 46.3 Å².